The Morgan fingerprint density at radius 2 is 2.05 bits per heavy atom. The molecule has 0 spiro atoms. The number of nitrogens with one attached hydrogen (secondary N) is 1. The maximum Gasteiger partial charge on any atom is 0.220 e. The molecule has 1 aromatic carbocycles. The number of rotatable bonds is 4. The zero-order valence-corrected chi connectivity index (χ0v) is 13.0. The van der Waals surface area contributed by atoms with Gasteiger partial charge in [0.15, 0.2) is 9.84 Å². The number of carbonyl (C=O) groups excluding carboxylic acids is 1. The van der Waals surface area contributed by atoms with Crippen molar-refractivity contribution in [2.24, 2.45) is 0 Å². The summed E-state index contributed by atoms with van der Waals surface area (Å²) in [5, 5.41) is 2.93. The van der Waals surface area contributed by atoms with Gasteiger partial charge in [-0.3, -0.25) is 4.79 Å². The first-order chi connectivity index (χ1) is 10.4. The van der Waals surface area contributed by atoms with Gasteiger partial charge in [-0.2, -0.15) is 0 Å². The molecule has 22 heavy (non-hydrogen) atoms. The Kier molecular flexibility index (Phi) is 3.74. The van der Waals surface area contributed by atoms with Crippen LogP contribution >= 0.6 is 0 Å². The predicted molar refractivity (Wildman–Crippen MR) is 81.9 cm³/mol. The number of amides is 1. The SMILES string of the molecule is CS(=O)(=O)c1ccc(-c2nccn2CC2CCC(=O)N2)cc1. The average molecular weight is 319 g/mol. The lowest BCUT2D eigenvalue weighted by molar-refractivity contribution is -0.119. The number of benzene rings is 1. The summed E-state index contributed by atoms with van der Waals surface area (Å²) in [4.78, 5) is 15.9. The van der Waals surface area contributed by atoms with Crippen LogP contribution < -0.4 is 5.32 Å². The van der Waals surface area contributed by atoms with Gasteiger partial charge in [-0.05, 0) is 30.7 Å². The van der Waals surface area contributed by atoms with Crippen molar-refractivity contribution in [3.05, 3.63) is 36.7 Å². The molecule has 1 fully saturated rings. The Morgan fingerprint density at radius 3 is 2.64 bits per heavy atom. The maximum atomic E-state index is 11.5. The first-order valence-electron chi connectivity index (χ1n) is 7.04. The van der Waals surface area contributed by atoms with Crippen molar-refractivity contribution in [2.75, 3.05) is 6.26 Å². The smallest absolute Gasteiger partial charge is 0.220 e. The number of hydrogen-bond acceptors (Lipinski definition) is 4. The molecule has 1 aromatic heterocycles. The molecule has 2 aromatic rings. The van der Waals surface area contributed by atoms with Gasteiger partial charge in [0.2, 0.25) is 5.91 Å². The minimum absolute atomic E-state index is 0.0872. The van der Waals surface area contributed by atoms with Crippen LogP contribution in [0, 0.1) is 0 Å². The minimum atomic E-state index is -3.20. The second-order valence-electron chi connectivity index (χ2n) is 5.50. The third-order valence-electron chi connectivity index (χ3n) is 3.76. The largest absolute Gasteiger partial charge is 0.352 e. The average Bonchev–Trinajstić information content (AvgIpc) is 3.08. The molecule has 0 saturated carbocycles. The fourth-order valence-electron chi connectivity index (χ4n) is 2.62. The van der Waals surface area contributed by atoms with E-state index in [1.54, 1.807) is 30.5 Å². The number of carbonyl (C=O) groups is 1. The molecular weight excluding hydrogens is 302 g/mol. The highest BCUT2D eigenvalue weighted by atomic mass is 32.2. The van der Waals surface area contributed by atoms with Crippen molar-refractivity contribution in [1.29, 1.82) is 0 Å². The summed E-state index contributed by atoms with van der Waals surface area (Å²) in [5.41, 5.74) is 0.849. The van der Waals surface area contributed by atoms with Crippen LogP contribution in [0.2, 0.25) is 0 Å². The van der Waals surface area contributed by atoms with E-state index in [1.807, 2.05) is 10.8 Å². The van der Waals surface area contributed by atoms with E-state index in [9.17, 15) is 13.2 Å². The fourth-order valence-corrected chi connectivity index (χ4v) is 3.25. The molecular formula is C15H17N3O3S. The van der Waals surface area contributed by atoms with Crippen molar-refractivity contribution in [1.82, 2.24) is 14.9 Å². The van der Waals surface area contributed by atoms with Gasteiger partial charge in [0.05, 0.1) is 4.90 Å². The first-order valence-corrected chi connectivity index (χ1v) is 8.93. The monoisotopic (exact) mass is 319 g/mol. The zero-order chi connectivity index (χ0) is 15.7. The van der Waals surface area contributed by atoms with Crippen LogP contribution in [-0.2, 0) is 21.2 Å². The van der Waals surface area contributed by atoms with Gasteiger partial charge >= 0.3 is 0 Å². The number of aromatic nitrogens is 2. The molecule has 1 unspecified atom stereocenters. The van der Waals surface area contributed by atoms with Gasteiger partial charge in [-0.25, -0.2) is 13.4 Å². The van der Waals surface area contributed by atoms with E-state index in [0.717, 1.165) is 17.8 Å². The number of imidazole rings is 1. The van der Waals surface area contributed by atoms with Crippen molar-refractivity contribution in [3.8, 4) is 11.4 Å². The van der Waals surface area contributed by atoms with Crippen LogP contribution in [0.5, 0.6) is 0 Å². The molecule has 1 amide bonds. The van der Waals surface area contributed by atoms with Crippen molar-refractivity contribution >= 4 is 15.7 Å². The summed E-state index contributed by atoms with van der Waals surface area (Å²) in [7, 11) is -3.20. The molecule has 1 aliphatic heterocycles. The third kappa shape index (κ3) is 3.04. The predicted octanol–water partition coefficient (Wildman–Crippen LogP) is 1.23. The Balaban J connectivity index is 1.84. The molecule has 6 nitrogen and oxygen atoms in total. The van der Waals surface area contributed by atoms with E-state index in [-0.39, 0.29) is 16.8 Å². The number of hydrogen-bond donors (Lipinski definition) is 1. The summed E-state index contributed by atoms with van der Waals surface area (Å²) in [6, 6.07) is 6.79. The molecule has 0 aliphatic carbocycles. The fraction of sp³-hybridized carbons (Fsp3) is 0.333. The van der Waals surface area contributed by atoms with Crippen LogP contribution in [0.15, 0.2) is 41.6 Å². The van der Waals surface area contributed by atoms with Gasteiger partial charge < -0.3 is 9.88 Å². The van der Waals surface area contributed by atoms with E-state index in [1.165, 1.54) is 6.26 Å². The molecule has 2 heterocycles. The standard InChI is InChI=1S/C15H17N3O3S/c1-22(20,21)13-5-2-11(3-6-13)15-16-8-9-18(15)10-12-4-7-14(19)17-12/h2-3,5-6,8-9,12H,4,7,10H2,1H3,(H,17,19). The highest BCUT2D eigenvalue weighted by Crippen LogP contribution is 2.21. The molecule has 0 radical (unpaired) electrons. The summed E-state index contributed by atoms with van der Waals surface area (Å²) in [6.45, 7) is 0.662. The second-order valence-corrected chi connectivity index (χ2v) is 7.52. The van der Waals surface area contributed by atoms with Crippen LogP contribution in [-0.4, -0.2) is 36.2 Å². The Bertz CT molecular complexity index is 794. The van der Waals surface area contributed by atoms with Crippen LogP contribution in [0.25, 0.3) is 11.4 Å². The molecule has 1 aliphatic rings. The summed E-state index contributed by atoms with van der Waals surface area (Å²) >= 11 is 0. The second kappa shape index (κ2) is 5.57. The third-order valence-corrected chi connectivity index (χ3v) is 4.89. The van der Waals surface area contributed by atoms with E-state index in [2.05, 4.69) is 10.3 Å². The first kappa shape index (κ1) is 14.8. The topological polar surface area (TPSA) is 81.1 Å². The van der Waals surface area contributed by atoms with Gasteiger partial charge in [0.1, 0.15) is 5.82 Å². The summed E-state index contributed by atoms with van der Waals surface area (Å²) < 4.78 is 25.0. The Morgan fingerprint density at radius 1 is 1.32 bits per heavy atom. The van der Waals surface area contributed by atoms with E-state index < -0.39 is 9.84 Å². The zero-order valence-electron chi connectivity index (χ0n) is 12.2. The molecule has 1 saturated heterocycles. The minimum Gasteiger partial charge on any atom is -0.352 e. The normalized spacial score (nSPS) is 18.4. The highest BCUT2D eigenvalue weighted by molar-refractivity contribution is 7.90. The molecule has 1 atom stereocenters. The highest BCUT2D eigenvalue weighted by Gasteiger charge is 2.22. The van der Waals surface area contributed by atoms with Gasteiger partial charge in [-0.15, -0.1) is 0 Å². The molecule has 116 valence electrons. The molecule has 1 N–H and O–H groups in total. The molecule has 0 bridgehead atoms. The Hall–Kier alpha value is -2.15. The van der Waals surface area contributed by atoms with Crippen LogP contribution in [0.3, 0.4) is 0 Å². The van der Waals surface area contributed by atoms with E-state index in [0.29, 0.717) is 13.0 Å². The van der Waals surface area contributed by atoms with Crippen molar-refractivity contribution < 1.29 is 13.2 Å². The van der Waals surface area contributed by atoms with E-state index in [4.69, 9.17) is 0 Å². The number of sulfone groups is 1. The summed E-state index contributed by atoms with van der Waals surface area (Å²) in [6.07, 6.45) is 6.15. The lowest BCUT2D eigenvalue weighted by atomic mass is 10.2. The van der Waals surface area contributed by atoms with Gasteiger partial charge in [-0.1, -0.05) is 0 Å². The quantitative estimate of drug-likeness (QED) is 0.919. The molecule has 3 rings (SSSR count). The lowest BCUT2D eigenvalue weighted by Crippen LogP contribution is -2.29. The van der Waals surface area contributed by atoms with Crippen molar-refractivity contribution in [3.63, 3.8) is 0 Å². The summed E-state index contributed by atoms with van der Waals surface area (Å²) in [5.74, 6) is 0.852. The van der Waals surface area contributed by atoms with Crippen molar-refractivity contribution in [2.45, 2.75) is 30.3 Å². The van der Waals surface area contributed by atoms with Crippen LogP contribution in [0.1, 0.15) is 12.8 Å². The van der Waals surface area contributed by atoms with Gasteiger partial charge in [0.25, 0.3) is 0 Å². The van der Waals surface area contributed by atoms with E-state index >= 15 is 0 Å². The number of nitrogens with zero attached hydrogens (tertiary/aromatic N) is 2. The Labute approximate surface area is 129 Å². The maximum absolute atomic E-state index is 11.5. The van der Waals surface area contributed by atoms with Gasteiger partial charge in [0, 0.05) is 43.2 Å². The lowest BCUT2D eigenvalue weighted by Gasteiger charge is -2.13. The van der Waals surface area contributed by atoms with Crippen LogP contribution in [0.4, 0.5) is 0 Å². The molecule has 7 heteroatoms.